The maximum Gasteiger partial charge on any atom is 0.408 e. The van der Waals surface area contributed by atoms with Crippen LogP contribution in [0.15, 0.2) is 48.5 Å². The highest BCUT2D eigenvalue weighted by Gasteiger charge is 2.37. The van der Waals surface area contributed by atoms with Crippen molar-refractivity contribution < 1.29 is 27.8 Å². The summed E-state index contributed by atoms with van der Waals surface area (Å²) in [5.74, 6) is -0.732. The molecule has 0 aliphatic carbocycles. The van der Waals surface area contributed by atoms with Crippen LogP contribution in [0.3, 0.4) is 0 Å². The van der Waals surface area contributed by atoms with E-state index in [1.54, 1.807) is 32.9 Å². The molecule has 4 rings (SSSR count). The van der Waals surface area contributed by atoms with Crippen LogP contribution in [0.25, 0.3) is 11.3 Å². The minimum absolute atomic E-state index is 0.321. The number of hydrogen-bond acceptors (Lipinski definition) is 6. The van der Waals surface area contributed by atoms with Crippen molar-refractivity contribution in [2.24, 2.45) is 0 Å². The first kappa shape index (κ1) is 23.6. The molecule has 2 amide bonds. The van der Waals surface area contributed by atoms with Crippen molar-refractivity contribution >= 4 is 28.5 Å². The largest absolute Gasteiger partial charge is 0.444 e. The summed E-state index contributed by atoms with van der Waals surface area (Å²) in [6.45, 7) is 5.56. The molecule has 1 aliphatic rings. The fourth-order valence-corrected chi connectivity index (χ4v) is 4.33. The van der Waals surface area contributed by atoms with E-state index in [0.29, 0.717) is 40.2 Å². The number of nitrogens with one attached hydrogen (secondary N) is 1. The molecular weight excluding hydrogens is 464 g/mol. The second-order valence-corrected chi connectivity index (χ2v) is 9.61. The van der Waals surface area contributed by atoms with E-state index in [2.05, 4.69) is 10.3 Å². The summed E-state index contributed by atoms with van der Waals surface area (Å²) in [5, 5.41) is 3.34. The van der Waals surface area contributed by atoms with Crippen LogP contribution in [0.1, 0.15) is 27.2 Å². The third-order valence-electron chi connectivity index (χ3n) is 4.85. The number of ether oxygens (including phenoxy) is 2. The molecular formula is C24H23F2N3O4S. The van der Waals surface area contributed by atoms with Crippen molar-refractivity contribution in [1.82, 2.24) is 10.3 Å². The number of alkyl carbamates (subject to hydrolysis) is 1. The van der Waals surface area contributed by atoms with Crippen molar-refractivity contribution in [3.8, 4) is 22.1 Å². The third kappa shape index (κ3) is 5.51. The Kier molecular flexibility index (Phi) is 6.52. The number of rotatable bonds is 5. The lowest BCUT2D eigenvalue weighted by atomic mass is 10.2. The van der Waals surface area contributed by atoms with E-state index in [1.807, 2.05) is 0 Å². The number of nitrogens with zero attached hydrogens (tertiary/aromatic N) is 2. The van der Waals surface area contributed by atoms with Crippen molar-refractivity contribution in [3.05, 3.63) is 60.2 Å². The fraction of sp³-hybridized carbons (Fsp3) is 0.292. The van der Waals surface area contributed by atoms with E-state index in [4.69, 9.17) is 9.47 Å². The molecule has 1 unspecified atom stereocenters. The SMILES string of the molecule is CC(C)(C)OC(=O)NC1CCN(c2nc(-c3ccc(F)cc3)c(Oc3ccc(F)cc3)s2)C1=O. The summed E-state index contributed by atoms with van der Waals surface area (Å²) in [7, 11) is 0. The molecule has 178 valence electrons. The number of hydrogen-bond donors (Lipinski definition) is 1. The van der Waals surface area contributed by atoms with Gasteiger partial charge in [0.05, 0.1) is 0 Å². The summed E-state index contributed by atoms with van der Waals surface area (Å²) in [4.78, 5) is 31.2. The molecule has 34 heavy (non-hydrogen) atoms. The minimum atomic E-state index is -0.741. The highest BCUT2D eigenvalue weighted by atomic mass is 32.1. The molecule has 3 aromatic rings. The van der Waals surface area contributed by atoms with Crippen LogP contribution in [0.4, 0.5) is 18.7 Å². The highest BCUT2D eigenvalue weighted by molar-refractivity contribution is 7.18. The van der Waals surface area contributed by atoms with Gasteiger partial charge >= 0.3 is 6.09 Å². The maximum absolute atomic E-state index is 13.5. The van der Waals surface area contributed by atoms with E-state index in [9.17, 15) is 18.4 Å². The second-order valence-electron chi connectivity index (χ2n) is 8.67. The van der Waals surface area contributed by atoms with Crippen molar-refractivity contribution in [3.63, 3.8) is 0 Å². The smallest absolute Gasteiger partial charge is 0.408 e. The number of halogens is 2. The van der Waals surface area contributed by atoms with Gasteiger partial charge in [-0.25, -0.2) is 18.6 Å². The quantitative estimate of drug-likeness (QED) is 0.513. The van der Waals surface area contributed by atoms with Gasteiger partial charge in [0.1, 0.15) is 34.7 Å². The molecule has 1 saturated heterocycles. The maximum atomic E-state index is 13.5. The summed E-state index contributed by atoms with van der Waals surface area (Å²) in [6, 6.07) is 10.5. The lowest BCUT2D eigenvalue weighted by Gasteiger charge is -2.21. The van der Waals surface area contributed by atoms with Gasteiger partial charge < -0.3 is 14.8 Å². The standard InChI is InChI=1S/C24H23F2N3O4S/c1-24(2,3)33-23(31)27-18-12-13-29(20(18)30)22-28-19(14-4-6-15(25)7-5-14)21(34-22)32-17-10-8-16(26)9-11-17/h4-11,18H,12-13H2,1-3H3,(H,27,31). The normalized spacial score (nSPS) is 16.0. The van der Waals surface area contributed by atoms with Gasteiger partial charge in [0.15, 0.2) is 5.13 Å². The first-order valence-electron chi connectivity index (χ1n) is 10.6. The zero-order valence-electron chi connectivity index (χ0n) is 18.8. The van der Waals surface area contributed by atoms with E-state index in [1.165, 1.54) is 41.3 Å². The Morgan fingerprint density at radius 1 is 1.09 bits per heavy atom. The zero-order valence-corrected chi connectivity index (χ0v) is 19.6. The molecule has 10 heteroatoms. The van der Waals surface area contributed by atoms with Crippen molar-refractivity contribution in [1.29, 1.82) is 0 Å². The molecule has 1 atom stereocenters. The number of benzene rings is 2. The van der Waals surface area contributed by atoms with Crippen LogP contribution in [-0.2, 0) is 9.53 Å². The fourth-order valence-electron chi connectivity index (χ4n) is 3.33. The average molecular weight is 488 g/mol. The first-order chi connectivity index (χ1) is 16.1. The highest BCUT2D eigenvalue weighted by Crippen LogP contribution is 2.42. The minimum Gasteiger partial charge on any atom is -0.444 e. The molecule has 2 heterocycles. The van der Waals surface area contributed by atoms with Crippen molar-refractivity contribution in [2.45, 2.75) is 38.8 Å². The van der Waals surface area contributed by atoms with Gasteiger partial charge in [-0.3, -0.25) is 9.69 Å². The zero-order chi connectivity index (χ0) is 24.5. The number of carbonyl (C=O) groups is 2. The Morgan fingerprint density at radius 3 is 2.32 bits per heavy atom. The van der Waals surface area contributed by atoms with Crippen LogP contribution in [-0.4, -0.2) is 35.2 Å². The molecule has 0 saturated carbocycles. The third-order valence-corrected chi connectivity index (χ3v) is 5.81. The van der Waals surface area contributed by atoms with Crippen LogP contribution < -0.4 is 15.0 Å². The predicted octanol–water partition coefficient (Wildman–Crippen LogP) is 5.51. The van der Waals surface area contributed by atoms with Crippen LogP contribution in [0, 0.1) is 11.6 Å². The van der Waals surface area contributed by atoms with Gasteiger partial charge in [0.2, 0.25) is 5.06 Å². The monoisotopic (exact) mass is 487 g/mol. The number of aromatic nitrogens is 1. The molecule has 1 aromatic heterocycles. The average Bonchev–Trinajstić information content (AvgIpc) is 3.32. The molecule has 1 aliphatic heterocycles. The lowest BCUT2D eigenvalue weighted by Crippen LogP contribution is -2.43. The van der Waals surface area contributed by atoms with Gasteiger partial charge in [-0.15, -0.1) is 0 Å². The van der Waals surface area contributed by atoms with E-state index < -0.39 is 29.4 Å². The molecule has 7 nitrogen and oxygen atoms in total. The van der Waals surface area contributed by atoms with E-state index >= 15 is 0 Å². The van der Waals surface area contributed by atoms with Crippen LogP contribution in [0.2, 0.25) is 0 Å². The summed E-state index contributed by atoms with van der Waals surface area (Å²) < 4.78 is 37.9. The Hall–Kier alpha value is -3.53. The Labute approximate surface area is 199 Å². The van der Waals surface area contributed by atoms with E-state index in [0.717, 1.165) is 11.3 Å². The summed E-state index contributed by atoms with van der Waals surface area (Å²) >= 11 is 1.13. The molecule has 0 spiro atoms. The molecule has 0 radical (unpaired) electrons. The first-order valence-corrected chi connectivity index (χ1v) is 11.4. The number of carbonyl (C=O) groups excluding carboxylic acids is 2. The summed E-state index contributed by atoms with van der Waals surface area (Å²) in [6.07, 6.45) is -0.281. The topological polar surface area (TPSA) is 80.8 Å². The van der Waals surface area contributed by atoms with Crippen LogP contribution in [0.5, 0.6) is 10.8 Å². The van der Waals surface area contributed by atoms with Crippen LogP contribution >= 0.6 is 11.3 Å². The Bertz CT molecular complexity index is 1190. The number of thiazole rings is 1. The number of anilines is 1. The Balaban J connectivity index is 1.59. The van der Waals surface area contributed by atoms with Gasteiger partial charge in [0.25, 0.3) is 5.91 Å². The van der Waals surface area contributed by atoms with E-state index in [-0.39, 0.29) is 5.91 Å². The Morgan fingerprint density at radius 2 is 1.71 bits per heavy atom. The molecule has 1 N–H and O–H groups in total. The lowest BCUT2D eigenvalue weighted by molar-refractivity contribution is -0.118. The number of amides is 2. The molecule has 1 fully saturated rings. The van der Waals surface area contributed by atoms with Gasteiger partial charge in [-0.2, -0.15) is 0 Å². The van der Waals surface area contributed by atoms with Gasteiger partial charge in [0, 0.05) is 12.1 Å². The second kappa shape index (κ2) is 9.38. The predicted molar refractivity (Wildman–Crippen MR) is 124 cm³/mol. The van der Waals surface area contributed by atoms with Crippen molar-refractivity contribution in [2.75, 3.05) is 11.4 Å². The van der Waals surface area contributed by atoms with Gasteiger partial charge in [-0.1, -0.05) is 11.3 Å². The molecule has 0 bridgehead atoms. The van der Waals surface area contributed by atoms with Gasteiger partial charge in [-0.05, 0) is 75.7 Å². The summed E-state index contributed by atoms with van der Waals surface area (Å²) in [5.41, 5.74) is 0.328. The molecule has 2 aromatic carbocycles.